The van der Waals surface area contributed by atoms with Crippen LogP contribution in [0.2, 0.25) is 0 Å². The summed E-state index contributed by atoms with van der Waals surface area (Å²) in [4.78, 5) is 25.8. The summed E-state index contributed by atoms with van der Waals surface area (Å²) in [6, 6.07) is 0.305. The van der Waals surface area contributed by atoms with Gasteiger partial charge in [0.2, 0.25) is 5.91 Å². The number of likely N-dealkylation sites (tertiary alicyclic amines) is 2. The van der Waals surface area contributed by atoms with Gasteiger partial charge in [0.05, 0.1) is 0 Å². The van der Waals surface area contributed by atoms with Gasteiger partial charge in [0.25, 0.3) is 0 Å². The number of hydrogen-bond acceptors (Lipinski definition) is 4. The molecule has 2 saturated heterocycles. The molecule has 0 aliphatic carbocycles. The number of hydrogen-bond donors (Lipinski definition) is 0. The Morgan fingerprint density at radius 3 is 2.64 bits per heavy atom. The van der Waals surface area contributed by atoms with Gasteiger partial charge in [-0.3, -0.25) is 9.69 Å². The van der Waals surface area contributed by atoms with Crippen LogP contribution in [0.15, 0.2) is 12.4 Å². The molecule has 3 heterocycles. The van der Waals surface area contributed by atoms with Crippen LogP contribution >= 0.6 is 0 Å². The zero-order valence-electron chi connectivity index (χ0n) is 16.0. The lowest BCUT2D eigenvalue weighted by molar-refractivity contribution is -0.141. The van der Waals surface area contributed by atoms with Gasteiger partial charge in [-0.05, 0) is 46.1 Å². The molecule has 25 heavy (non-hydrogen) atoms. The molecule has 0 radical (unpaired) electrons. The van der Waals surface area contributed by atoms with Gasteiger partial charge in [-0.15, -0.1) is 0 Å². The maximum Gasteiger partial charge on any atom is 0.222 e. The number of rotatable bonds is 5. The second kappa shape index (κ2) is 7.81. The summed E-state index contributed by atoms with van der Waals surface area (Å²) in [5.74, 6) is 1.28. The lowest BCUT2D eigenvalue weighted by atomic mass is 9.73. The predicted molar refractivity (Wildman–Crippen MR) is 99.1 cm³/mol. The fourth-order valence-corrected chi connectivity index (χ4v) is 4.37. The normalized spacial score (nSPS) is 25.1. The third kappa shape index (κ3) is 4.38. The molecule has 2 aliphatic rings. The molecule has 2 fully saturated rings. The Morgan fingerprint density at radius 2 is 1.96 bits per heavy atom. The van der Waals surface area contributed by atoms with Gasteiger partial charge in [-0.2, -0.15) is 0 Å². The lowest BCUT2D eigenvalue weighted by Gasteiger charge is -2.49. The number of aryl methyl sites for hydroxylation is 1. The number of amides is 1. The van der Waals surface area contributed by atoms with Crippen LogP contribution in [0.3, 0.4) is 0 Å². The smallest absolute Gasteiger partial charge is 0.222 e. The minimum Gasteiger partial charge on any atom is -0.340 e. The molecule has 3 rings (SSSR count). The Labute approximate surface area is 151 Å². The van der Waals surface area contributed by atoms with Gasteiger partial charge >= 0.3 is 0 Å². The molecule has 2 aliphatic heterocycles. The summed E-state index contributed by atoms with van der Waals surface area (Å²) >= 11 is 0. The Balaban J connectivity index is 1.63. The topological polar surface area (TPSA) is 49.3 Å². The first-order chi connectivity index (χ1) is 12.0. The SMILES string of the molecule is CCCc1ncc(CN2CCCC3(CCC(=O)N(C(C)C)C3)C2)cn1. The highest BCUT2D eigenvalue weighted by Crippen LogP contribution is 2.39. The van der Waals surface area contributed by atoms with Crippen molar-refractivity contribution in [1.29, 1.82) is 0 Å². The summed E-state index contributed by atoms with van der Waals surface area (Å²) in [6.45, 7) is 10.5. The lowest BCUT2D eigenvalue weighted by Crippen LogP contribution is -2.55. The summed E-state index contributed by atoms with van der Waals surface area (Å²) < 4.78 is 0. The quantitative estimate of drug-likeness (QED) is 0.824. The second-order valence-corrected chi connectivity index (χ2v) is 8.19. The van der Waals surface area contributed by atoms with Crippen molar-refractivity contribution in [2.75, 3.05) is 19.6 Å². The van der Waals surface area contributed by atoms with Crippen molar-refractivity contribution in [3.63, 3.8) is 0 Å². The van der Waals surface area contributed by atoms with Crippen molar-refractivity contribution >= 4 is 5.91 Å². The first-order valence-corrected chi connectivity index (χ1v) is 9.83. The first-order valence-electron chi connectivity index (χ1n) is 9.83. The number of piperidine rings is 2. The molecule has 5 heteroatoms. The molecule has 5 nitrogen and oxygen atoms in total. The van der Waals surface area contributed by atoms with E-state index in [4.69, 9.17) is 0 Å². The number of carbonyl (C=O) groups excluding carboxylic acids is 1. The van der Waals surface area contributed by atoms with Crippen molar-refractivity contribution in [3.8, 4) is 0 Å². The Morgan fingerprint density at radius 1 is 1.20 bits per heavy atom. The summed E-state index contributed by atoms with van der Waals surface area (Å²) in [6.07, 6.45) is 10.2. The second-order valence-electron chi connectivity index (χ2n) is 8.19. The molecule has 1 aromatic heterocycles. The molecular weight excluding hydrogens is 312 g/mol. The number of nitrogens with zero attached hydrogens (tertiary/aromatic N) is 4. The zero-order valence-corrected chi connectivity index (χ0v) is 16.0. The van der Waals surface area contributed by atoms with Crippen molar-refractivity contribution in [1.82, 2.24) is 19.8 Å². The van der Waals surface area contributed by atoms with Crippen molar-refractivity contribution in [2.45, 2.75) is 71.9 Å². The molecular formula is C20H32N4O. The van der Waals surface area contributed by atoms with Gasteiger partial charge in [-0.25, -0.2) is 9.97 Å². The van der Waals surface area contributed by atoms with Crippen LogP contribution in [0, 0.1) is 5.41 Å². The third-order valence-corrected chi connectivity index (χ3v) is 5.70. The van der Waals surface area contributed by atoms with Crippen LogP contribution in [-0.2, 0) is 17.8 Å². The van der Waals surface area contributed by atoms with E-state index < -0.39 is 0 Å². The van der Waals surface area contributed by atoms with Crippen LogP contribution in [0.1, 0.15) is 64.3 Å². The maximum absolute atomic E-state index is 12.2. The molecule has 138 valence electrons. The van der Waals surface area contributed by atoms with Crippen LogP contribution in [-0.4, -0.2) is 51.4 Å². The minimum atomic E-state index is 0.277. The molecule has 0 bridgehead atoms. The van der Waals surface area contributed by atoms with Crippen LogP contribution in [0.5, 0.6) is 0 Å². The van der Waals surface area contributed by atoms with Gasteiger partial charge in [0, 0.05) is 61.9 Å². The summed E-state index contributed by atoms with van der Waals surface area (Å²) in [5, 5.41) is 0. The van der Waals surface area contributed by atoms with Gasteiger partial charge in [0.15, 0.2) is 0 Å². The number of aromatic nitrogens is 2. The van der Waals surface area contributed by atoms with E-state index in [0.29, 0.717) is 18.4 Å². The van der Waals surface area contributed by atoms with E-state index in [-0.39, 0.29) is 5.41 Å². The Hall–Kier alpha value is -1.49. The van der Waals surface area contributed by atoms with Crippen molar-refractivity contribution in [3.05, 3.63) is 23.8 Å². The average molecular weight is 345 g/mol. The molecule has 1 amide bonds. The molecule has 1 spiro atoms. The van der Waals surface area contributed by atoms with Crippen LogP contribution < -0.4 is 0 Å². The fourth-order valence-electron chi connectivity index (χ4n) is 4.37. The minimum absolute atomic E-state index is 0.277. The zero-order chi connectivity index (χ0) is 17.9. The molecule has 0 N–H and O–H groups in total. The van der Waals surface area contributed by atoms with Crippen molar-refractivity contribution in [2.24, 2.45) is 5.41 Å². The van der Waals surface area contributed by atoms with E-state index in [2.05, 4.69) is 40.5 Å². The maximum atomic E-state index is 12.2. The number of carbonyl (C=O) groups is 1. The molecule has 0 saturated carbocycles. The van der Waals surface area contributed by atoms with Gasteiger partial charge in [0.1, 0.15) is 5.82 Å². The van der Waals surface area contributed by atoms with Gasteiger partial charge < -0.3 is 4.90 Å². The summed E-state index contributed by atoms with van der Waals surface area (Å²) in [7, 11) is 0. The molecule has 1 aromatic rings. The fraction of sp³-hybridized carbons (Fsp3) is 0.750. The van der Waals surface area contributed by atoms with Crippen LogP contribution in [0.4, 0.5) is 0 Å². The van der Waals surface area contributed by atoms with E-state index in [1.165, 1.54) is 18.4 Å². The highest BCUT2D eigenvalue weighted by molar-refractivity contribution is 5.77. The monoisotopic (exact) mass is 344 g/mol. The van der Waals surface area contributed by atoms with E-state index in [1.54, 1.807) is 0 Å². The summed E-state index contributed by atoms with van der Waals surface area (Å²) in [5.41, 5.74) is 1.48. The van der Waals surface area contributed by atoms with Crippen LogP contribution in [0.25, 0.3) is 0 Å². The van der Waals surface area contributed by atoms with E-state index in [1.807, 2.05) is 12.4 Å². The van der Waals surface area contributed by atoms with E-state index in [9.17, 15) is 4.79 Å². The Kier molecular flexibility index (Phi) is 5.72. The largest absolute Gasteiger partial charge is 0.340 e. The van der Waals surface area contributed by atoms with E-state index >= 15 is 0 Å². The first kappa shape index (κ1) is 18.3. The average Bonchev–Trinajstić information content (AvgIpc) is 2.59. The predicted octanol–water partition coefficient (Wildman–Crippen LogP) is 3.04. The third-order valence-electron chi connectivity index (χ3n) is 5.70. The molecule has 1 unspecified atom stereocenters. The van der Waals surface area contributed by atoms with Crippen molar-refractivity contribution < 1.29 is 4.79 Å². The standard InChI is InChI=1S/C20H32N4O/c1-4-6-18-21-11-17(12-22-18)13-23-10-5-8-20(14-23)9-7-19(25)24(15-20)16(2)3/h11-12,16H,4-10,13-15H2,1-3H3. The van der Waals surface area contributed by atoms with Gasteiger partial charge in [-0.1, -0.05) is 6.92 Å². The van der Waals surface area contributed by atoms with E-state index in [0.717, 1.165) is 51.3 Å². The molecule has 0 aromatic carbocycles. The molecule has 1 atom stereocenters. The highest BCUT2D eigenvalue weighted by atomic mass is 16.2. The Bertz CT molecular complexity index is 586. The highest BCUT2D eigenvalue weighted by Gasteiger charge is 2.42.